The molecule has 0 aliphatic heterocycles. The monoisotopic (exact) mass is 473 g/mol. The third kappa shape index (κ3) is 8.87. The van der Waals surface area contributed by atoms with E-state index in [1.54, 1.807) is 27.8 Å². The molecule has 1 aliphatic carbocycles. The van der Waals surface area contributed by atoms with Crippen molar-refractivity contribution in [3.63, 3.8) is 0 Å². The first-order valence-electron chi connectivity index (χ1n) is 8.93. The second kappa shape index (κ2) is 11.5. The van der Waals surface area contributed by atoms with Crippen LogP contribution in [0.1, 0.15) is 65.7 Å². The van der Waals surface area contributed by atoms with Crippen molar-refractivity contribution >= 4 is 39.8 Å². The highest BCUT2D eigenvalue weighted by Gasteiger charge is 2.28. The summed E-state index contributed by atoms with van der Waals surface area (Å²) in [5.74, 6) is 1.77. The molecule has 2 N–H and O–H groups in total. The molecule has 1 aliphatic rings. The van der Waals surface area contributed by atoms with Gasteiger partial charge in [0, 0.05) is 20.1 Å². The molecular weight excluding hydrogens is 437 g/mol. The van der Waals surface area contributed by atoms with Gasteiger partial charge < -0.3 is 10.6 Å². The fourth-order valence-electron chi connectivity index (χ4n) is 2.89. The molecule has 0 amide bonds. The van der Waals surface area contributed by atoms with E-state index in [0.717, 1.165) is 18.9 Å². The zero-order valence-electron chi connectivity index (χ0n) is 15.7. The van der Waals surface area contributed by atoms with Gasteiger partial charge in [-0.05, 0) is 33.1 Å². The Balaban J connectivity index is 0.00000529. The minimum Gasteiger partial charge on any atom is -0.356 e. The standard InChI is InChI=1S/C17H35N3O2S.HI/c1-17(2,3)23(21,22)14-13-20-16(18-4)19-12-8-7-11-15-9-5-6-10-15;/h15H,5-14H2,1-4H3,(H2,18,19,20);1H. The van der Waals surface area contributed by atoms with E-state index in [-0.39, 0.29) is 29.7 Å². The highest BCUT2D eigenvalue weighted by molar-refractivity contribution is 14.0. The number of nitrogens with one attached hydrogen (secondary N) is 2. The number of sulfone groups is 1. The van der Waals surface area contributed by atoms with Crippen LogP contribution in [-0.4, -0.2) is 45.0 Å². The van der Waals surface area contributed by atoms with Crippen LogP contribution >= 0.6 is 24.0 Å². The zero-order valence-corrected chi connectivity index (χ0v) is 18.9. The lowest BCUT2D eigenvalue weighted by molar-refractivity contribution is 0.472. The first-order chi connectivity index (χ1) is 10.8. The number of halogens is 1. The van der Waals surface area contributed by atoms with Gasteiger partial charge in [-0.1, -0.05) is 38.5 Å². The lowest BCUT2D eigenvalue weighted by Gasteiger charge is -2.19. The highest BCUT2D eigenvalue weighted by atomic mass is 127. The van der Waals surface area contributed by atoms with Crippen molar-refractivity contribution < 1.29 is 8.42 Å². The summed E-state index contributed by atoms with van der Waals surface area (Å²) in [5, 5.41) is 6.35. The Kier molecular flexibility index (Phi) is 11.5. The summed E-state index contributed by atoms with van der Waals surface area (Å²) in [4.78, 5) is 4.14. The van der Waals surface area contributed by atoms with Crippen LogP contribution in [0.25, 0.3) is 0 Å². The second-order valence-corrected chi connectivity index (χ2v) is 10.4. The average molecular weight is 473 g/mol. The fourth-order valence-corrected chi connectivity index (χ4v) is 3.88. The van der Waals surface area contributed by atoms with Crippen LogP contribution in [0, 0.1) is 5.92 Å². The summed E-state index contributed by atoms with van der Waals surface area (Å²) in [6, 6.07) is 0. The Bertz CT molecular complexity index is 467. The Morgan fingerprint density at radius 2 is 1.67 bits per heavy atom. The Morgan fingerprint density at radius 3 is 2.21 bits per heavy atom. The maximum absolute atomic E-state index is 12.0. The molecular formula is C17H36IN3O2S. The van der Waals surface area contributed by atoms with E-state index >= 15 is 0 Å². The van der Waals surface area contributed by atoms with Crippen molar-refractivity contribution in [3.8, 4) is 0 Å². The number of aliphatic imine (C=N–C) groups is 1. The molecule has 0 spiro atoms. The van der Waals surface area contributed by atoms with Crippen LogP contribution < -0.4 is 10.6 Å². The van der Waals surface area contributed by atoms with Crippen LogP contribution in [0.4, 0.5) is 0 Å². The summed E-state index contributed by atoms with van der Waals surface area (Å²) in [5.41, 5.74) is 0. The summed E-state index contributed by atoms with van der Waals surface area (Å²) in [6.07, 6.45) is 9.40. The highest BCUT2D eigenvalue weighted by Crippen LogP contribution is 2.28. The number of unbranched alkanes of at least 4 members (excludes halogenated alkanes) is 1. The van der Waals surface area contributed by atoms with Crippen molar-refractivity contribution in [2.75, 3.05) is 25.9 Å². The normalized spacial score (nSPS) is 16.8. The third-order valence-corrected chi connectivity index (χ3v) is 7.23. The molecule has 0 saturated heterocycles. The first kappa shape index (κ1) is 23.9. The molecule has 24 heavy (non-hydrogen) atoms. The van der Waals surface area contributed by atoms with Gasteiger partial charge in [0.05, 0.1) is 10.5 Å². The molecule has 144 valence electrons. The van der Waals surface area contributed by atoms with Crippen molar-refractivity contribution in [1.82, 2.24) is 10.6 Å². The Morgan fingerprint density at radius 1 is 1.08 bits per heavy atom. The number of nitrogens with zero attached hydrogens (tertiary/aromatic N) is 1. The molecule has 0 radical (unpaired) electrons. The van der Waals surface area contributed by atoms with Gasteiger partial charge in [0.25, 0.3) is 0 Å². The Hall–Kier alpha value is -0.0500. The molecule has 5 nitrogen and oxygen atoms in total. The second-order valence-electron chi connectivity index (χ2n) is 7.50. The maximum atomic E-state index is 12.0. The number of hydrogen-bond acceptors (Lipinski definition) is 3. The van der Waals surface area contributed by atoms with Crippen LogP contribution in [0.15, 0.2) is 4.99 Å². The molecule has 0 aromatic rings. The number of hydrogen-bond donors (Lipinski definition) is 2. The van der Waals surface area contributed by atoms with Gasteiger partial charge in [-0.25, -0.2) is 8.42 Å². The molecule has 0 aromatic carbocycles. The summed E-state index contributed by atoms with van der Waals surface area (Å²) in [6.45, 7) is 6.49. The zero-order chi connectivity index (χ0) is 17.3. The molecule has 0 aromatic heterocycles. The van der Waals surface area contributed by atoms with Gasteiger partial charge in [-0.2, -0.15) is 0 Å². The van der Waals surface area contributed by atoms with Crippen LogP contribution in [0.3, 0.4) is 0 Å². The van der Waals surface area contributed by atoms with Crippen LogP contribution in [-0.2, 0) is 9.84 Å². The largest absolute Gasteiger partial charge is 0.356 e. The molecule has 1 saturated carbocycles. The minimum absolute atomic E-state index is 0. The third-order valence-electron chi connectivity index (χ3n) is 4.63. The fraction of sp³-hybridized carbons (Fsp3) is 0.941. The van der Waals surface area contributed by atoms with E-state index in [1.165, 1.54) is 38.5 Å². The number of guanidine groups is 1. The van der Waals surface area contributed by atoms with E-state index in [4.69, 9.17) is 0 Å². The molecule has 0 unspecified atom stereocenters. The van der Waals surface area contributed by atoms with Gasteiger partial charge in [0.15, 0.2) is 15.8 Å². The average Bonchev–Trinajstić information content (AvgIpc) is 2.97. The summed E-state index contributed by atoms with van der Waals surface area (Å²) in [7, 11) is -1.37. The Labute approximate surface area is 165 Å². The van der Waals surface area contributed by atoms with Crippen LogP contribution in [0.5, 0.6) is 0 Å². The van der Waals surface area contributed by atoms with Crippen molar-refractivity contribution in [2.45, 2.75) is 70.5 Å². The smallest absolute Gasteiger partial charge is 0.191 e. The van der Waals surface area contributed by atoms with Gasteiger partial charge in [-0.3, -0.25) is 4.99 Å². The predicted octanol–water partition coefficient (Wildman–Crippen LogP) is 3.34. The molecule has 1 fully saturated rings. The van der Waals surface area contributed by atoms with Gasteiger partial charge in [0.1, 0.15) is 0 Å². The molecule has 0 bridgehead atoms. The first-order valence-corrected chi connectivity index (χ1v) is 10.6. The van der Waals surface area contributed by atoms with E-state index in [1.807, 2.05) is 0 Å². The van der Waals surface area contributed by atoms with Crippen LogP contribution in [0.2, 0.25) is 0 Å². The molecule has 0 heterocycles. The van der Waals surface area contributed by atoms with Gasteiger partial charge in [0.2, 0.25) is 0 Å². The van der Waals surface area contributed by atoms with Gasteiger partial charge in [-0.15, -0.1) is 24.0 Å². The topological polar surface area (TPSA) is 70.6 Å². The maximum Gasteiger partial charge on any atom is 0.191 e. The molecule has 0 atom stereocenters. The quantitative estimate of drug-likeness (QED) is 0.246. The molecule has 7 heteroatoms. The number of rotatable bonds is 8. The van der Waals surface area contributed by atoms with Gasteiger partial charge >= 0.3 is 0 Å². The SMILES string of the molecule is CN=C(NCCCCC1CCCC1)NCCS(=O)(=O)C(C)(C)C.I. The lowest BCUT2D eigenvalue weighted by Crippen LogP contribution is -2.42. The van der Waals surface area contributed by atoms with E-state index in [0.29, 0.717) is 12.5 Å². The summed E-state index contributed by atoms with van der Waals surface area (Å²) < 4.78 is 23.4. The predicted molar refractivity (Wildman–Crippen MR) is 114 cm³/mol. The van der Waals surface area contributed by atoms with E-state index in [2.05, 4.69) is 15.6 Å². The minimum atomic E-state index is -3.09. The van der Waals surface area contributed by atoms with Crippen molar-refractivity contribution in [3.05, 3.63) is 0 Å². The van der Waals surface area contributed by atoms with E-state index in [9.17, 15) is 8.42 Å². The van der Waals surface area contributed by atoms with Crippen molar-refractivity contribution in [1.29, 1.82) is 0 Å². The van der Waals surface area contributed by atoms with Crippen molar-refractivity contribution in [2.24, 2.45) is 10.9 Å². The summed E-state index contributed by atoms with van der Waals surface area (Å²) >= 11 is 0. The molecule has 1 rings (SSSR count). The lowest BCUT2D eigenvalue weighted by atomic mass is 10.0. The van der Waals surface area contributed by atoms with E-state index < -0.39 is 14.6 Å².